The SMILES string of the molecule is Cc1ccc(C(=O)OCCC2CCCCN2C)cc1N. The lowest BCUT2D eigenvalue weighted by Gasteiger charge is -2.32. The molecular weight excluding hydrogens is 252 g/mol. The molecule has 1 aliphatic rings. The molecule has 1 unspecified atom stereocenters. The quantitative estimate of drug-likeness (QED) is 0.678. The second-order valence-corrected chi connectivity index (χ2v) is 5.63. The van der Waals surface area contributed by atoms with Crippen molar-refractivity contribution in [2.75, 3.05) is 25.9 Å². The van der Waals surface area contributed by atoms with Crippen LogP contribution in [-0.2, 0) is 4.74 Å². The largest absolute Gasteiger partial charge is 0.462 e. The molecule has 4 heteroatoms. The fourth-order valence-electron chi connectivity index (χ4n) is 2.65. The first-order valence-corrected chi connectivity index (χ1v) is 7.31. The van der Waals surface area contributed by atoms with Gasteiger partial charge in [-0.05, 0) is 57.5 Å². The van der Waals surface area contributed by atoms with Gasteiger partial charge in [0.2, 0.25) is 0 Å². The summed E-state index contributed by atoms with van der Waals surface area (Å²) in [7, 11) is 2.15. The van der Waals surface area contributed by atoms with Gasteiger partial charge >= 0.3 is 5.97 Å². The van der Waals surface area contributed by atoms with Crippen LogP contribution >= 0.6 is 0 Å². The molecule has 1 aliphatic heterocycles. The average molecular weight is 276 g/mol. The Morgan fingerprint density at radius 3 is 2.95 bits per heavy atom. The lowest BCUT2D eigenvalue weighted by Crippen LogP contribution is -2.37. The molecule has 0 saturated carbocycles. The van der Waals surface area contributed by atoms with Crippen LogP contribution in [0.2, 0.25) is 0 Å². The zero-order valence-electron chi connectivity index (χ0n) is 12.4. The second kappa shape index (κ2) is 6.75. The summed E-state index contributed by atoms with van der Waals surface area (Å²) < 4.78 is 5.35. The van der Waals surface area contributed by atoms with Crippen molar-refractivity contribution in [3.8, 4) is 0 Å². The monoisotopic (exact) mass is 276 g/mol. The Labute approximate surface area is 120 Å². The number of esters is 1. The fourth-order valence-corrected chi connectivity index (χ4v) is 2.65. The lowest BCUT2D eigenvalue weighted by atomic mass is 10.0. The number of nitrogens with zero attached hydrogens (tertiary/aromatic N) is 1. The minimum Gasteiger partial charge on any atom is -0.462 e. The van der Waals surface area contributed by atoms with Crippen LogP contribution in [0.1, 0.15) is 41.6 Å². The zero-order chi connectivity index (χ0) is 14.5. The summed E-state index contributed by atoms with van der Waals surface area (Å²) >= 11 is 0. The first-order chi connectivity index (χ1) is 9.58. The molecule has 1 aromatic carbocycles. The van der Waals surface area contributed by atoms with Gasteiger partial charge in [0, 0.05) is 11.7 Å². The molecule has 110 valence electrons. The van der Waals surface area contributed by atoms with Gasteiger partial charge in [-0.2, -0.15) is 0 Å². The van der Waals surface area contributed by atoms with Gasteiger partial charge < -0.3 is 15.4 Å². The molecule has 0 aliphatic carbocycles. The summed E-state index contributed by atoms with van der Waals surface area (Å²) in [6, 6.07) is 5.84. The Morgan fingerprint density at radius 2 is 2.25 bits per heavy atom. The van der Waals surface area contributed by atoms with E-state index in [1.807, 2.05) is 13.0 Å². The van der Waals surface area contributed by atoms with E-state index in [9.17, 15) is 4.79 Å². The zero-order valence-corrected chi connectivity index (χ0v) is 12.4. The first-order valence-electron chi connectivity index (χ1n) is 7.31. The highest BCUT2D eigenvalue weighted by Crippen LogP contribution is 2.18. The van der Waals surface area contributed by atoms with E-state index in [1.165, 1.54) is 19.3 Å². The van der Waals surface area contributed by atoms with Gasteiger partial charge in [-0.25, -0.2) is 4.79 Å². The Hall–Kier alpha value is -1.55. The van der Waals surface area contributed by atoms with Crippen molar-refractivity contribution in [3.05, 3.63) is 29.3 Å². The number of aryl methyl sites for hydroxylation is 1. The van der Waals surface area contributed by atoms with Crippen LogP contribution in [0, 0.1) is 6.92 Å². The third kappa shape index (κ3) is 3.73. The normalized spacial score (nSPS) is 19.8. The van der Waals surface area contributed by atoms with Crippen molar-refractivity contribution in [3.63, 3.8) is 0 Å². The molecule has 0 amide bonds. The van der Waals surface area contributed by atoms with Crippen LogP contribution in [0.15, 0.2) is 18.2 Å². The third-order valence-corrected chi connectivity index (χ3v) is 4.12. The van der Waals surface area contributed by atoms with Gasteiger partial charge in [-0.3, -0.25) is 0 Å². The van der Waals surface area contributed by atoms with Crippen LogP contribution in [0.3, 0.4) is 0 Å². The molecule has 0 bridgehead atoms. The van der Waals surface area contributed by atoms with Crippen molar-refractivity contribution >= 4 is 11.7 Å². The predicted molar refractivity (Wildman–Crippen MR) is 80.8 cm³/mol. The predicted octanol–water partition coefficient (Wildman–Crippen LogP) is 2.61. The van der Waals surface area contributed by atoms with Gasteiger partial charge in [-0.15, -0.1) is 0 Å². The molecule has 4 nitrogen and oxygen atoms in total. The summed E-state index contributed by atoms with van der Waals surface area (Å²) in [5.41, 5.74) is 7.95. The van der Waals surface area contributed by atoms with E-state index in [0.29, 0.717) is 23.9 Å². The number of carbonyl (C=O) groups excluding carboxylic acids is 1. The number of nitrogens with two attached hydrogens (primary N) is 1. The van der Waals surface area contributed by atoms with Crippen molar-refractivity contribution < 1.29 is 9.53 Å². The number of nitrogen functional groups attached to an aromatic ring is 1. The van der Waals surface area contributed by atoms with Gasteiger partial charge in [0.1, 0.15) is 0 Å². The molecule has 1 aromatic rings. The summed E-state index contributed by atoms with van der Waals surface area (Å²) in [4.78, 5) is 14.3. The second-order valence-electron chi connectivity index (χ2n) is 5.63. The molecule has 20 heavy (non-hydrogen) atoms. The maximum Gasteiger partial charge on any atom is 0.338 e. The number of ether oxygens (including phenoxy) is 1. The van der Waals surface area contributed by atoms with E-state index in [0.717, 1.165) is 18.5 Å². The number of likely N-dealkylation sites (tertiary alicyclic amines) is 1. The van der Waals surface area contributed by atoms with Crippen molar-refractivity contribution in [2.45, 2.75) is 38.6 Å². The molecule has 0 aromatic heterocycles. The Balaban J connectivity index is 1.81. The molecule has 2 rings (SSSR count). The molecule has 1 saturated heterocycles. The summed E-state index contributed by atoms with van der Waals surface area (Å²) in [6.45, 7) is 3.54. The van der Waals surface area contributed by atoms with Crippen molar-refractivity contribution in [1.82, 2.24) is 4.90 Å². The fraction of sp³-hybridized carbons (Fsp3) is 0.562. The number of benzene rings is 1. The lowest BCUT2D eigenvalue weighted by molar-refractivity contribution is 0.0450. The summed E-state index contributed by atoms with van der Waals surface area (Å²) in [6.07, 6.45) is 4.65. The van der Waals surface area contributed by atoms with E-state index in [1.54, 1.807) is 12.1 Å². The standard InChI is InChI=1S/C16H24N2O2/c1-12-6-7-13(11-15(12)17)16(19)20-10-8-14-5-3-4-9-18(14)2/h6-7,11,14H,3-5,8-10,17H2,1-2H3. The molecule has 1 atom stereocenters. The van der Waals surface area contributed by atoms with E-state index < -0.39 is 0 Å². The maximum atomic E-state index is 11.9. The Morgan fingerprint density at radius 1 is 1.45 bits per heavy atom. The van der Waals surface area contributed by atoms with Crippen LogP contribution in [0.4, 0.5) is 5.69 Å². The average Bonchev–Trinajstić information content (AvgIpc) is 2.44. The highest BCUT2D eigenvalue weighted by Gasteiger charge is 2.19. The molecule has 0 radical (unpaired) electrons. The Bertz CT molecular complexity index is 474. The molecule has 1 fully saturated rings. The highest BCUT2D eigenvalue weighted by atomic mass is 16.5. The minimum atomic E-state index is -0.282. The number of hydrogen-bond donors (Lipinski definition) is 1. The number of hydrogen-bond acceptors (Lipinski definition) is 4. The van der Waals surface area contributed by atoms with E-state index >= 15 is 0 Å². The van der Waals surface area contributed by atoms with Crippen molar-refractivity contribution in [2.24, 2.45) is 0 Å². The first kappa shape index (κ1) is 14.9. The topological polar surface area (TPSA) is 55.6 Å². The van der Waals surface area contributed by atoms with E-state index in [-0.39, 0.29) is 5.97 Å². The van der Waals surface area contributed by atoms with Crippen LogP contribution in [0.25, 0.3) is 0 Å². The van der Waals surface area contributed by atoms with Crippen LogP contribution < -0.4 is 5.73 Å². The van der Waals surface area contributed by atoms with Crippen LogP contribution in [0.5, 0.6) is 0 Å². The molecule has 2 N–H and O–H groups in total. The van der Waals surface area contributed by atoms with E-state index in [2.05, 4.69) is 11.9 Å². The van der Waals surface area contributed by atoms with Gasteiger partial charge in [-0.1, -0.05) is 12.5 Å². The third-order valence-electron chi connectivity index (χ3n) is 4.12. The van der Waals surface area contributed by atoms with Gasteiger partial charge in [0.05, 0.1) is 12.2 Å². The van der Waals surface area contributed by atoms with Crippen LogP contribution in [-0.4, -0.2) is 37.1 Å². The maximum absolute atomic E-state index is 11.9. The van der Waals surface area contributed by atoms with E-state index in [4.69, 9.17) is 10.5 Å². The van der Waals surface area contributed by atoms with Gasteiger partial charge in [0.15, 0.2) is 0 Å². The minimum absolute atomic E-state index is 0.282. The summed E-state index contributed by atoms with van der Waals surface area (Å²) in [5, 5.41) is 0. The number of anilines is 1. The van der Waals surface area contributed by atoms with Gasteiger partial charge in [0.25, 0.3) is 0 Å². The number of piperidine rings is 1. The summed E-state index contributed by atoms with van der Waals surface area (Å²) in [5.74, 6) is -0.282. The Kier molecular flexibility index (Phi) is 5.01. The molecular formula is C16H24N2O2. The number of rotatable bonds is 4. The molecule has 0 spiro atoms. The highest BCUT2D eigenvalue weighted by molar-refractivity contribution is 5.90. The number of carbonyl (C=O) groups is 1. The smallest absolute Gasteiger partial charge is 0.338 e. The molecule has 1 heterocycles. The van der Waals surface area contributed by atoms with Crippen molar-refractivity contribution in [1.29, 1.82) is 0 Å².